The van der Waals surface area contributed by atoms with E-state index in [1.165, 1.54) is 11.1 Å². The third-order valence-electron chi connectivity index (χ3n) is 6.46. The molecule has 0 saturated carbocycles. The standard InChI is InChI=1S/C23H33N5O/c1-5-26-12-19(24-16-26)13-27-10-18-11-28(22(29)15-25(3)4)23(21(18)14-27)20-9-7-6-8-17(20)2/h6-9,12,16,18,21,23H,5,10-11,13-15H2,1-4H3/t18-,21-,23+/m1/s1. The fourth-order valence-electron chi connectivity index (χ4n) is 5.09. The first-order chi connectivity index (χ1) is 14.0. The highest BCUT2D eigenvalue weighted by Crippen LogP contribution is 2.46. The van der Waals surface area contributed by atoms with E-state index in [1.54, 1.807) is 0 Å². The number of hydrogen-bond donors (Lipinski definition) is 0. The van der Waals surface area contributed by atoms with Crippen molar-refractivity contribution in [2.24, 2.45) is 11.8 Å². The van der Waals surface area contributed by atoms with Gasteiger partial charge in [0.15, 0.2) is 0 Å². The number of benzene rings is 1. The van der Waals surface area contributed by atoms with E-state index in [0.717, 1.165) is 38.4 Å². The Labute approximate surface area is 174 Å². The van der Waals surface area contributed by atoms with E-state index < -0.39 is 0 Å². The molecular weight excluding hydrogens is 362 g/mol. The number of rotatable bonds is 6. The smallest absolute Gasteiger partial charge is 0.237 e. The molecule has 2 aliphatic rings. The van der Waals surface area contributed by atoms with Crippen LogP contribution in [0.15, 0.2) is 36.8 Å². The quantitative estimate of drug-likeness (QED) is 0.754. The summed E-state index contributed by atoms with van der Waals surface area (Å²) in [7, 11) is 3.93. The van der Waals surface area contributed by atoms with Crippen LogP contribution in [0.3, 0.4) is 0 Å². The Morgan fingerprint density at radius 1 is 1.21 bits per heavy atom. The van der Waals surface area contributed by atoms with Crippen molar-refractivity contribution < 1.29 is 4.79 Å². The summed E-state index contributed by atoms with van der Waals surface area (Å²) in [4.78, 5) is 24.3. The second kappa shape index (κ2) is 8.28. The van der Waals surface area contributed by atoms with Gasteiger partial charge in [0.25, 0.3) is 0 Å². The minimum absolute atomic E-state index is 0.173. The largest absolute Gasteiger partial charge is 0.337 e. The maximum Gasteiger partial charge on any atom is 0.237 e. The lowest BCUT2D eigenvalue weighted by Gasteiger charge is -2.31. The van der Waals surface area contributed by atoms with Gasteiger partial charge < -0.3 is 14.4 Å². The van der Waals surface area contributed by atoms with Crippen LogP contribution in [0.4, 0.5) is 0 Å². The van der Waals surface area contributed by atoms with Crippen molar-refractivity contribution in [1.82, 2.24) is 24.3 Å². The Bertz CT molecular complexity index is 860. The van der Waals surface area contributed by atoms with E-state index in [4.69, 9.17) is 0 Å². The Morgan fingerprint density at radius 3 is 2.69 bits per heavy atom. The van der Waals surface area contributed by atoms with Crippen molar-refractivity contribution in [3.8, 4) is 0 Å². The van der Waals surface area contributed by atoms with Crippen molar-refractivity contribution >= 4 is 5.91 Å². The third kappa shape index (κ3) is 4.09. The minimum atomic E-state index is 0.173. The van der Waals surface area contributed by atoms with Gasteiger partial charge in [-0.3, -0.25) is 9.69 Å². The lowest BCUT2D eigenvalue weighted by molar-refractivity contribution is -0.133. The number of carbonyl (C=O) groups excluding carboxylic acids is 1. The van der Waals surface area contributed by atoms with Crippen LogP contribution >= 0.6 is 0 Å². The molecule has 4 rings (SSSR count). The Hall–Kier alpha value is -2.18. The predicted molar refractivity (Wildman–Crippen MR) is 114 cm³/mol. The zero-order valence-electron chi connectivity index (χ0n) is 18.1. The molecule has 2 aliphatic heterocycles. The van der Waals surface area contributed by atoms with Crippen LogP contribution < -0.4 is 0 Å². The fraction of sp³-hybridized carbons (Fsp3) is 0.565. The lowest BCUT2D eigenvalue weighted by atomic mass is 9.87. The molecule has 2 fully saturated rings. The zero-order valence-corrected chi connectivity index (χ0v) is 18.1. The van der Waals surface area contributed by atoms with Gasteiger partial charge >= 0.3 is 0 Å². The van der Waals surface area contributed by atoms with Gasteiger partial charge in [0.1, 0.15) is 0 Å². The molecule has 0 aliphatic carbocycles. The number of aromatic nitrogens is 2. The number of aryl methyl sites for hydroxylation is 2. The van der Waals surface area contributed by atoms with Gasteiger partial charge in [-0.2, -0.15) is 0 Å². The lowest BCUT2D eigenvalue weighted by Crippen LogP contribution is -2.40. The molecule has 156 valence electrons. The maximum atomic E-state index is 13.0. The monoisotopic (exact) mass is 395 g/mol. The number of nitrogens with zero attached hydrogens (tertiary/aromatic N) is 5. The predicted octanol–water partition coefficient (Wildman–Crippen LogP) is 2.40. The molecule has 1 aromatic heterocycles. The SMILES string of the molecule is CCn1cnc(CN2C[C@@H]3CN(C(=O)CN(C)C)[C@@H](c4ccccc4C)[C@@H]3C2)c1. The van der Waals surface area contributed by atoms with E-state index >= 15 is 0 Å². The van der Waals surface area contributed by atoms with Crippen LogP contribution in [-0.4, -0.2) is 70.4 Å². The molecule has 0 bridgehead atoms. The molecule has 6 heteroatoms. The van der Waals surface area contributed by atoms with Crippen LogP contribution in [0, 0.1) is 18.8 Å². The molecule has 1 amide bonds. The fourth-order valence-corrected chi connectivity index (χ4v) is 5.09. The summed E-state index contributed by atoms with van der Waals surface area (Å²) in [5.74, 6) is 1.25. The van der Waals surface area contributed by atoms with Gasteiger partial charge in [-0.05, 0) is 45.0 Å². The summed E-state index contributed by atoms with van der Waals surface area (Å²) in [5, 5.41) is 0. The molecule has 2 aromatic rings. The number of amides is 1. The number of likely N-dealkylation sites (tertiary alicyclic amines) is 2. The van der Waals surface area contributed by atoms with Crippen LogP contribution in [0.1, 0.15) is 29.8 Å². The number of fused-ring (bicyclic) bond motifs is 1. The van der Waals surface area contributed by atoms with E-state index in [9.17, 15) is 4.79 Å². The molecule has 3 heterocycles. The summed E-state index contributed by atoms with van der Waals surface area (Å²) in [6, 6.07) is 8.74. The Kier molecular flexibility index (Phi) is 5.74. The molecule has 2 saturated heterocycles. The summed E-state index contributed by atoms with van der Waals surface area (Å²) in [6.45, 7) is 9.55. The number of likely N-dealkylation sites (N-methyl/N-ethyl adjacent to an activating group) is 1. The van der Waals surface area contributed by atoms with Crippen LogP contribution in [-0.2, 0) is 17.9 Å². The summed E-state index contributed by atoms with van der Waals surface area (Å²) >= 11 is 0. The molecule has 29 heavy (non-hydrogen) atoms. The number of carbonyl (C=O) groups is 1. The highest BCUT2D eigenvalue weighted by Gasteiger charge is 2.49. The Balaban J connectivity index is 1.55. The first-order valence-electron chi connectivity index (χ1n) is 10.7. The van der Waals surface area contributed by atoms with E-state index in [1.807, 2.05) is 25.3 Å². The van der Waals surface area contributed by atoms with Crippen LogP contribution in [0.2, 0.25) is 0 Å². The molecule has 0 spiro atoms. The van der Waals surface area contributed by atoms with Crippen LogP contribution in [0.25, 0.3) is 0 Å². The highest BCUT2D eigenvalue weighted by atomic mass is 16.2. The van der Waals surface area contributed by atoms with Crippen molar-refractivity contribution in [2.75, 3.05) is 40.3 Å². The average molecular weight is 396 g/mol. The van der Waals surface area contributed by atoms with E-state index in [0.29, 0.717) is 18.4 Å². The summed E-state index contributed by atoms with van der Waals surface area (Å²) in [6.07, 6.45) is 4.07. The second-order valence-electron chi connectivity index (χ2n) is 8.90. The number of hydrogen-bond acceptors (Lipinski definition) is 4. The zero-order chi connectivity index (χ0) is 20.5. The second-order valence-corrected chi connectivity index (χ2v) is 8.90. The molecule has 0 radical (unpaired) electrons. The molecule has 0 N–H and O–H groups in total. The van der Waals surface area contributed by atoms with Gasteiger partial charge in [0, 0.05) is 44.8 Å². The molecule has 6 nitrogen and oxygen atoms in total. The normalized spacial score (nSPS) is 24.4. The van der Waals surface area contributed by atoms with Crippen molar-refractivity contribution in [1.29, 1.82) is 0 Å². The van der Waals surface area contributed by atoms with Crippen LogP contribution in [0.5, 0.6) is 0 Å². The summed E-state index contributed by atoms with van der Waals surface area (Å²) < 4.78 is 2.13. The minimum Gasteiger partial charge on any atom is -0.337 e. The molecule has 3 atom stereocenters. The van der Waals surface area contributed by atoms with Gasteiger partial charge in [-0.15, -0.1) is 0 Å². The number of imidazole rings is 1. The van der Waals surface area contributed by atoms with Crippen molar-refractivity contribution in [2.45, 2.75) is 33.0 Å². The molecular formula is C23H33N5O. The summed E-state index contributed by atoms with van der Waals surface area (Å²) in [5.41, 5.74) is 3.73. The van der Waals surface area contributed by atoms with E-state index in [-0.39, 0.29) is 11.9 Å². The molecule has 1 aromatic carbocycles. The topological polar surface area (TPSA) is 44.6 Å². The third-order valence-corrected chi connectivity index (χ3v) is 6.46. The van der Waals surface area contributed by atoms with E-state index in [2.05, 4.69) is 63.7 Å². The van der Waals surface area contributed by atoms with Gasteiger partial charge in [0.05, 0.1) is 24.6 Å². The maximum absolute atomic E-state index is 13.0. The van der Waals surface area contributed by atoms with Crippen molar-refractivity contribution in [3.63, 3.8) is 0 Å². The Morgan fingerprint density at radius 2 is 2.00 bits per heavy atom. The first kappa shape index (κ1) is 20.1. The molecule has 0 unspecified atom stereocenters. The van der Waals surface area contributed by atoms with Gasteiger partial charge in [-0.25, -0.2) is 4.98 Å². The van der Waals surface area contributed by atoms with Gasteiger partial charge in [-0.1, -0.05) is 24.3 Å². The average Bonchev–Trinajstić information content (AvgIpc) is 3.36. The first-order valence-corrected chi connectivity index (χ1v) is 10.7. The van der Waals surface area contributed by atoms with Gasteiger partial charge in [0.2, 0.25) is 5.91 Å². The highest BCUT2D eigenvalue weighted by molar-refractivity contribution is 5.79. The van der Waals surface area contributed by atoms with Crippen molar-refractivity contribution in [3.05, 3.63) is 53.6 Å².